The summed E-state index contributed by atoms with van der Waals surface area (Å²) in [5, 5.41) is 0. The van der Waals surface area contributed by atoms with E-state index in [2.05, 4.69) is 0 Å². The largest absolute Gasteiger partial charge is 0.295 e. The standard InChI is InChI=1S/C8H5BF2O/c9-4-8(12)5-1-6(10)3-7(11)2-5/h1-3H,4H2. The molecule has 0 spiro atoms. The van der Waals surface area contributed by atoms with Crippen molar-refractivity contribution in [3.63, 3.8) is 0 Å². The number of carbonyl (C=O) groups excluding carboxylic acids is 1. The van der Waals surface area contributed by atoms with E-state index in [1.807, 2.05) is 0 Å². The Balaban J connectivity index is 3.08. The van der Waals surface area contributed by atoms with E-state index in [0.29, 0.717) is 6.07 Å². The number of carbonyl (C=O) groups is 1. The molecule has 1 aromatic carbocycles. The molecule has 60 valence electrons. The van der Waals surface area contributed by atoms with Crippen LogP contribution in [0.5, 0.6) is 0 Å². The molecule has 0 saturated heterocycles. The lowest BCUT2D eigenvalue weighted by molar-refractivity contribution is 0.101. The van der Waals surface area contributed by atoms with Crippen LogP contribution in [0.3, 0.4) is 0 Å². The molecule has 1 nitrogen and oxygen atoms in total. The number of Topliss-reactive ketones (excluding diaryl/α,β-unsaturated/α-hetero) is 1. The summed E-state index contributed by atoms with van der Waals surface area (Å²) < 4.78 is 25.0. The maximum Gasteiger partial charge on any atom is 0.154 e. The first-order chi connectivity index (χ1) is 5.63. The Morgan fingerprint density at radius 1 is 1.25 bits per heavy atom. The van der Waals surface area contributed by atoms with Gasteiger partial charge in [0.25, 0.3) is 0 Å². The summed E-state index contributed by atoms with van der Waals surface area (Å²) in [6.07, 6.45) is -0.247. The highest BCUT2D eigenvalue weighted by atomic mass is 19.1. The fraction of sp³-hybridized carbons (Fsp3) is 0.125. The number of benzene rings is 1. The summed E-state index contributed by atoms with van der Waals surface area (Å²) >= 11 is 0. The number of halogens is 2. The molecule has 0 aromatic heterocycles. The Kier molecular flexibility index (Phi) is 2.58. The maximum absolute atomic E-state index is 12.5. The molecular formula is C8H5BF2O. The van der Waals surface area contributed by atoms with Crippen molar-refractivity contribution >= 4 is 13.6 Å². The van der Waals surface area contributed by atoms with Crippen molar-refractivity contribution in [3.8, 4) is 0 Å². The Bertz CT molecular complexity index is 292. The molecule has 1 aromatic rings. The van der Waals surface area contributed by atoms with Crippen molar-refractivity contribution in [3.05, 3.63) is 35.4 Å². The third kappa shape index (κ3) is 1.90. The maximum atomic E-state index is 12.5. The summed E-state index contributed by atoms with van der Waals surface area (Å²) in [7, 11) is 5.01. The second-order valence-corrected chi connectivity index (χ2v) is 2.29. The highest BCUT2D eigenvalue weighted by molar-refractivity contribution is 6.23. The third-order valence-corrected chi connectivity index (χ3v) is 1.37. The molecule has 0 aliphatic heterocycles. The number of hydrogen-bond donors (Lipinski definition) is 0. The normalized spacial score (nSPS) is 9.83. The summed E-state index contributed by atoms with van der Waals surface area (Å²) in [5.41, 5.74) is -0.0324. The first kappa shape index (κ1) is 8.91. The van der Waals surface area contributed by atoms with Gasteiger partial charge in [0.15, 0.2) is 5.78 Å². The predicted octanol–water partition coefficient (Wildman–Crippen LogP) is 1.73. The average Bonchev–Trinajstić information content (AvgIpc) is 2.01. The summed E-state index contributed by atoms with van der Waals surface area (Å²) in [5.74, 6) is -2.02. The molecule has 0 aliphatic rings. The van der Waals surface area contributed by atoms with Crippen LogP contribution in [0.4, 0.5) is 8.78 Å². The summed E-state index contributed by atoms with van der Waals surface area (Å²) in [6.45, 7) is 0. The highest BCUT2D eigenvalue weighted by Gasteiger charge is 2.05. The van der Waals surface area contributed by atoms with Crippen molar-refractivity contribution in [2.45, 2.75) is 6.32 Å². The molecule has 0 amide bonds. The molecule has 0 heterocycles. The molecule has 2 radical (unpaired) electrons. The lowest BCUT2D eigenvalue weighted by Gasteiger charge is -1.97. The van der Waals surface area contributed by atoms with Crippen molar-refractivity contribution in [1.82, 2.24) is 0 Å². The minimum atomic E-state index is -0.771. The summed E-state index contributed by atoms with van der Waals surface area (Å²) in [6, 6.07) is 2.61. The predicted molar refractivity (Wildman–Crippen MR) is 41.2 cm³/mol. The minimum Gasteiger partial charge on any atom is -0.295 e. The van der Waals surface area contributed by atoms with Crippen LogP contribution >= 0.6 is 0 Å². The molecule has 0 N–H and O–H groups in total. The molecular weight excluding hydrogens is 161 g/mol. The zero-order valence-corrected chi connectivity index (χ0v) is 6.18. The Morgan fingerprint density at radius 2 is 1.75 bits per heavy atom. The molecule has 1 rings (SSSR count). The van der Waals surface area contributed by atoms with Crippen LogP contribution in [0.25, 0.3) is 0 Å². The van der Waals surface area contributed by atoms with E-state index >= 15 is 0 Å². The van der Waals surface area contributed by atoms with Crippen LogP contribution in [0.2, 0.25) is 6.32 Å². The molecule has 12 heavy (non-hydrogen) atoms. The van der Waals surface area contributed by atoms with Gasteiger partial charge in [0.2, 0.25) is 0 Å². The zero-order valence-electron chi connectivity index (χ0n) is 6.18. The number of ketones is 1. The van der Waals surface area contributed by atoms with E-state index in [1.165, 1.54) is 0 Å². The van der Waals surface area contributed by atoms with E-state index in [9.17, 15) is 13.6 Å². The number of hydrogen-bond acceptors (Lipinski definition) is 1. The SMILES string of the molecule is [B]CC(=O)c1cc(F)cc(F)c1. The van der Waals surface area contributed by atoms with Crippen molar-refractivity contribution in [1.29, 1.82) is 0 Å². The minimum absolute atomic E-state index is 0.0324. The Labute approximate surface area is 69.8 Å². The quantitative estimate of drug-likeness (QED) is 0.482. The van der Waals surface area contributed by atoms with Crippen molar-refractivity contribution < 1.29 is 13.6 Å². The average molecular weight is 166 g/mol. The summed E-state index contributed by atoms with van der Waals surface area (Å²) in [4.78, 5) is 10.9. The second-order valence-electron chi connectivity index (χ2n) is 2.29. The number of rotatable bonds is 2. The fourth-order valence-corrected chi connectivity index (χ4v) is 0.833. The molecule has 0 bridgehead atoms. The fourth-order valence-electron chi connectivity index (χ4n) is 0.833. The lowest BCUT2D eigenvalue weighted by Crippen LogP contribution is -1.98. The zero-order chi connectivity index (χ0) is 9.14. The van der Waals surface area contributed by atoms with Gasteiger partial charge in [-0.05, 0) is 18.5 Å². The molecule has 4 heteroatoms. The van der Waals surface area contributed by atoms with Gasteiger partial charge in [-0.25, -0.2) is 8.78 Å². The van der Waals surface area contributed by atoms with Crippen molar-refractivity contribution in [2.24, 2.45) is 0 Å². The lowest BCUT2D eigenvalue weighted by atomic mass is 9.96. The van der Waals surface area contributed by atoms with Gasteiger partial charge in [-0.1, -0.05) is 0 Å². The van der Waals surface area contributed by atoms with Crippen LogP contribution in [0, 0.1) is 11.6 Å². The van der Waals surface area contributed by atoms with E-state index in [0.717, 1.165) is 12.1 Å². The first-order valence-corrected chi connectivity index (χ1v) is 3.33. The van der Waals surface area contributed by atoms with Gasteiger partial charge in [0.05, 0.1) is 7.85 Å². The molecule has 0 unspecified atom stereocenters. The molecule has 0 saturated carbocycles. The smallest absolute Gasteiger partial charge is 0.154 e. The second kappa shape index (κ2) is 3.47. The third-order valence-electron chi connectivity index (χ3n) is 1.37. The van der Waals surface area contributed by atoms with E-state index in [1.54, 1.807) is 0 Å². The van der Waals surface area contributed by atoms with Crippen molar-refractivity contribution in [2.75, 3.05) is 0 Å². The molecule has 0 atom stereocenters. The van der Waals surface area contributed by atoms with E-state index in [-0.39, 0.29) is 11.9 Å². The molecule has 0 aliphatic carbocycles. The van der Waals surface area contributed by atoms with Crippen LogP contribution in [0.1, 0.15) is 10.4 Å². The van der Waals surface area contributed by atoms with Gasteiger partial charge >= 0.3 is 0 Å². The van der Waals surface area contributed by atoms with Gasteiger partial charge in [0.1, 0.15) is 11.6 Å². The van der Waals surface area contributed by atoms with Crippen LogP contribution in [-0.2, 0) is 0 Å². The van der Waals surface area contributed by atoms with Gasteiger partial charge in [-0.2, -0.15) is 0 Å². The van der Waals surface area contributed by atoms with E-state index in [4.69, 9.17) is 7.85 Å². The van der Waals surface area contributed by atoms with Gasteiger partial charge < -0.3 is 0 Å². The Morgan fingerprint density at radius 3 is 2.17 bits per heavy atom. The topological polar surface area (TPSA) is 17.1 Å². The van der Waals surface area contributed by atoms with Crippen LogP contribution in [0.15, 0.2) is 18.2 Å². The first-order valence-electron chi connectivity index (χ1n) is 3.33. The molecule has 0 fully saturated rings. The Hall–Kier alpha value is -1.19. The van der Waals surface area contributed by atoms with Crippen LogP contribution < -0.4 is 0 Å². The van der Waals surface area contributed by atoms with E-state index < -0.39 is 17.4 Å². The monoisotopic (exact) mass is 166 g/mol. The highest BCUT2D eigenvalue weighted by Crippen LogP contribution is 2.09. The van der Waals surface area contributed by atoms with Crippen LogP contribution in [-0.4, -0.2) is 13.6 Å². The van der Waals surface area contributed by atoms with Gasteiger partial charge in [-0.15, -0.1) is 0 Å². The van der Waals surface area contributed by atoms with Gasteiger partial charge in [0, 0.05) is 11.6 Å². The van der Waals surface area contributed by atoms with Gasteiger partial charge in [-0.3, -0.25) is 4.79 Å².